The molecular formula is C13H22N4O. The minimum absolute atomic E-state index is 0.0514. The van der Waals surface area contributed by atoms with E-state index in [4.69, 9.17) is 10.5 Å². The van der Waals surface area contributed by atoms with Crippen molar-refractivity contribution in [1.29, 1.82) is 0 Å². The van der Waals surface area contributed by atoms with Gasteiger partial charge < -0.3 is 15.4 Å². The first kappa shape index (κ1) is 13.2. The lowest BCUT2D eigenvalue weighted by Gasteiger charge is -2.43. The Bertz CT molecular complexity index is 433. The number of hydrogen-bond donors (Lipinski definition) is 1. The lowest BCUT2D eigenvalue weighted by atomic mass is 10.0. The third-order valence-electron chi connectivity index (χ3n) is 3.09. The monoisotopic (exact) mass is 250 g/mol. The SMILES string of the molecule is Cc1cnc(C)c(N2CC(CN)OC(C)(C)C2)n1. The topological polar surface area (TPSA) is 64.3 Å². The van der Waals surface area contributed by atoms with Gasteiger partial charge in [-0.2, -0.15) is 0 Å². The highest BCUT2D eigenvalue weighted by Crippen LogP contribution is 2.26. The zero-order valence-corrected chi connectivity index (χ0v) is 11.6. The molecule has 0 spiro atoms. The summed E-state index contributed by atoms with van der Waals surface area (Å²) in [7, 11) is 0. The first-order valence-corrected chi connectivity index (χ1v) is 6.34. The molecule has 2 N–H and O–H groups in total. The molecule has 0 aliphatic carbocycles. The van der Waals surface area contributed by atoms with Crippen molar-refractivity contribution in [3.8, 4) is 0 Å². The maximum Gasteiger partial charge on any atom is 0.150 e. The lowest BCUT2D eigenvalue weighted by molar-refractivity contribution is -0.0790. The third-order valence-corrected chi connectivity index (χ3v) is 3.09. The van der Waals surface area contributed by atoms with Crippen LogP contribution in [0.3, 0.4) is 0 Å². The van der Waals surface area contributed by atoms with Crippen molar-refractivity contribution in [3.63, 3.8) is 0 Å². The summed E-state index contributed by atoms with van der Waals surface area (Å²) in [4.78, 5) is 11.2. The van der Waals surface area contributed by atoms with Gasteiger partial charge in [-0.1, -0.05) is 0 Å². The molecule has 5 heteroatoms. The zero-order chi connectivity index (χ0) is 13.3. The molecule has 1 aromatic heterocycles. The third kappa shape index (κ3) is 2.79. The molecule has 2 heterocycles. The summed E-state index contributed by atoms with van der Waals surface area (Å²) in [6.07, 6.45) is 1.85. The average Bonchev–Trinajstić information content (AvgIpc) is 2.30. The smallest absolute Gasteiger partial charge is 0.150 e. The molecule has 1 fully saturated rings. The van der Waals surface area contributed by atoms with Crippen molar-refractivity contribution >= 4 is 5.82 Å². The Labute approximate surface area is 108 Å². The molecule has 1 aromatic rings. The van der Waals surface area contributed by atoms with Crippen molar-refractivity contribution in [2.24, 2.45) is 5.73 Å². The van der Waals surface area contributed by atoms with E-state index in [1.165, 1.54) is 0 Å². The van der Waals surface area contributed by atoms with Crippen molar-refractivity contribution in [3.05, 3.63) is 17.6 Å². The van der Waals surface area contributed by atoms with Gasteiger partial charge in [-0.3, -0.25) is 4.98 Å². The number of ether oxygens (including phenoxy) is 1. The summed E-state index contributed by atoms with van der Waals surface area (Å²) >= 11 is 0. The molecule has 0 saturated carbocycles. The largest absolute Gasteiger partial charge is 0.367 e. The fourth-order valence-corrected chi connectivity index (χ4v) is 2.40. The fourth-order valence-electron chi connectivity index (χ4n) is 2.40. The molecule has 1 unspecified atom stereocenters. The molecule has 1 saturated heterocycles. The van der Waals surface area contributed by atoms with E-state index in [1.807, 2.05) is 13.8 Å². The summed E-state index contributed by atoms with van der Waals surface area (Å²) in [5.74, 6) is 0.949. The molecule has 18 heavy (non-hydrogen) atoms. The summed E-state index contributed by atoms with van der Waals surface area (Å²) in [5.41, 5.74) is 7.42. The Balaban J connectivity index is 2.29. The van der Waals surface area contributed by atoms with Gasteiger partial charge in [0.15, 0.2) is 5.82 Å². The van der Waals surface area contributed by atoms with E-state index in [2.05, 4.69) is 28.7 Å². The molecule has 0 bridgehead atoms. The van der Waals surface area contributed by atoms with E-state index >= 15 is 0 Å². The van der Waals surface area contributed by atoms with E-state index < -0.39 is 0 Å². The second-order valence-electron chi connectivity index (χ2n) is 5.54. The van der Waals surface area contributed by atoms with Crippen LogP contribution in [0.25, 0.3) is 0 Å². The molecule has 100 valence electrons. The molecule has 0 aromatic carbocycles. The lowest BCUT2D eigenvalue weighted by Crippen LogP contribution is -2.55. The highest BCUT2D eigenvalue weighted by Gasteiger charge is 2.34. The van der Waals surface area contributed by atoms with Gasteiger partial charge in [0.1, 0.15) is 0 Å². The van der Waals surface area contributed by atoms with Crippen molar-refractivity contribution in [2.45, 2.75) is 39.4 Å². The first-order valence-electron chi connectivity index (χ1n) is 6.34. The first-order chi connectivity index (χ1) is 8.41. The van der Waals surface area contributed by atoms with Gasteiger partial charge in [-0.05, 0) is 27.7 Å². The summed E-state index contributed by atoms with van der Waals surface area (Å²) < 4.78 is 5.93. The Hall–Kier alpha value is -1.20. The summed E-state index contributed by atoms with van der Waals surface area (Å²) in [6.45, 7) is 10.2. The van der Waals surface area contributed by atoms with Crippen LogP contribution in [0.4, 0.5) is 5.82 Å². The van der Waals surface area contributed by atoms with Crippen LogP contribution in [0.2, 0.25) is 0 Å². The Morgan fingerprint density at radius 1 is 1.50 bits per heavy atom. The van der Waals surface area contributed by atoms with E-state index in [9.17, 15) is 0 Å². The Kier molecular flexibility index (Phi) is 3.54. The number of nitrogens with two attached hydrogens (primary N) is 1. The number of aromatic nitrogens is 2. The maximum absolute atomic E-state index is 5.93. The van der Waals surface area contributed by atoms with Gasteiger partial charge >= 0.3 is 0 Å². The van der Waals surface area contributed by atoms with Crippen LogP contribution in [0.1, 0.15) is 25.2 Å². The molecule has 1 atom stereocenters. The second kappa shape index (κ2) is 4.82. The standard InChI is InChI=1S/C13H22N4O/c1-9-6-15-10(2)12(16-9)17-7-11(5-14)18-13(3,4)8-17/h6,11H,5,7-8,14H2,1-4H3. The number of rotatable bonds is 2. The molecule has 2 rings (SSSR count). The van der Waals surface area contributed by atoms with Crippen LogP contribution in [0.5, 0.6) is 0 Å². The van der Waals surface area contributed by atoms with Crippen LogP contribution in [-0.4, -0.2) is 41.3 Å². The van der Waals surface area contributed by atoms with Crippen LogP contribution in [0.15, 0.2) is 6.20 Å². The fraction of sp³-hybridized carbons (Fsp3) is 0.692. The van der Waals surface area contributed by atoms with Crippen LogP contribution < -0.4 is 10.6 Å². The quantitative estimate of drug-likeness (QED) is 0.849. The van der Waals surface area contributed by atoms with Crippen LogP contribution >= 0.6 is 0 Å². The van der Waals surface area contributed by atoms with Gasteiger partial charge in [0.2, 0.25) is 0 Å². The van der Waals surface area contributed by atoms with Crippen LogP contribution in [-0.2, 0) is 4.74 Å². The molecule has 1 aliphatic rings. The van der Waals surface area contributed by atoms with Gasteiger partial charge in [0.25, 0.3) is 0 Å². The highest BCUT2D eigenvalue weighted by molar-refractivity contribution is 5.44. The molecular weight excluding hydrogens is 228 g/mol. The predicted octanol–water partition coefficient (Wildman–Crippen LogP) is 1.04. The zero-order valence-electron chi connectivity index (χ0n) is 11.6. The number of aryl methyl sites for hydroxylation is 2. The van der Waals surface area contributed by atoms with Crippen LogP contribution in [0, 0.1) is 13.8 Å². The van der Waals surface area contributed by atoms with Gasteiger partial charge in [0.05, 0.1) is 23.1 Å². The van der Waals surface area contributed by atoms with Crippen molar-refractivity contribution < 1.29 is 4.74 Å². The number of anilines is 1. The normalized spacial score (nSPS) is 23.2. The molecule has 0 amide bonds. The van der Waals surface area contributed by atoms with Crippen molar-refractivity contribution in [1.82, 2.24) is 9.97 Å². The second-order valence-corrected chi connectivity index (χ2v) is 5.54. The predicted molar refractivity (Wildman–Crippen MR) is 71.7 cm³/mol. The number of hydrogen-bond acceptors (Lipinski definition) is 5. The van der Waals surface area contributed by atoms with Crippen molar-refractivity contribution in [2.75, 3.05) is 24.5 Å². The maximum atomic E-state index is 5.93. The van der Waals surface area contributed by atoms with Gasteiger partial charge in [0, 0.05) is 25.8 Å². The van der Waals surface area contributed by atoms with E-state index in [1.54, 1.807) is 6.20 Å². The number of morpholine rings is 1. The Morgan fingerprint density at radius 3 is 2.89 bits per heavy atom. The van der Waals surface area contributed by atoms with E-state index in [0.717, 1.165) is 30.3 Å². The molecule has 0 radical (unpaired) electrons. The molecule has 5 nitrogen and oxygen atoms in total. The molecule has 1 aliphatic heterocycles. The minimum Gasteiger partial charge on any atom is -0.367 e. The van der Waals surface area contributed by atoms with E-state index in [0.29, 0.717) is 6.54 Å². The summed E-state index contributed by atoms with van der Waals surface area (Å²) in [6, 6.07) is 0. The van der Waals surface area contributed by atoms with E-state index in [-0.39, 0.29) is 11.7 Å². The van der Waals surface area contributed by atoms with Gasteiger partial charge in [-0.15, -0.1) is 0 Å². The number of nitrogens with zero attached hydrogens (tertiary/aromatic N) is 3. The highest BCUT2D eigenvalue weighted by atomic mass is 16.5. The van der Waals surface area contributed by atoms with Gasteiger partial charge in [-0.25, -0.2) is 4.98 Å². The average molecular weight is 250 g/mol. The Morgan fingerprint density at radius 2 is 2.22 bits per heavy atom. The minimum atomic E-state index is -0.208. The summed E-state index contributed by atoms with van der Waals surface area (Å²) in [5, 5.41) is 0.